The van der Waals surface area contributed by atoms with E-state index in [4.69, 9.17) is 9.57 Å². The Morgan fingerprint density at radius 2 is 1.94 bits per heavy atom. The number of hydroxylamine groups is 2. The number of fused-ring (bicyclic) bond motifs is 1. The van der Waals surface area contributed by atoms with E-state index < -0.39 is 0 Å². The molecule has 106 valence electrons. The third kappa shape index (κ3) is 2.18. The van der Waals surface area contributed by atoms with E-state index in [0.29, 0.717) is 12.0 Å². The van der Waals surface area contributed by atoms with E-state index in [2.05, 4.69) is 6.92 Å². The van der Waals surface area contributed by atoms with Gasteiger partial charge in [-0.3, -0.25) is 0 Å². The molecule has 0 amide bonds. The van der Waals surface area contributed by atoms with Gasteiger partial charge in [-0.15, -0.1) is 0 Å². The molecular weight excluding hydrogens is 254 g/mol. The van der Waals surface area contributed by atoms with E-state index in [-0.39, 0.29) is 30.7 Å². The van der Waals surface area contributed by atoms with Gasteiger partial charge in [-0.25, -0.2) is 4.84 Å². The normalized spacial score (nSPS) is 42.3. The van der Waals surface area contributed by atoms with Crippen molar-refractivity contribution in [1.29, 1.82) is 0 Å². The number of rotatable bonds is 2. The molecule has 2 N–H and O–H groups in total. The molecule has 1 unspecified atom stereocenters. The van der Waals surface area contributed by atoms with Gasteiger partial charge in [0.2, 0.25) is 0 Å². The molecule has 4 atom stereocenters. The van der Waals surface area contributed by atoms with Crippen molar-refractivity contribution in [3.05, 3.63) is 0 Å². The second-order valence-corrected chi connectivity index (χ2v) is 6.00. The fourth-order valence-corrected chi connectivity index (χ4v) is 3.96. The molecule has 2 aliphatic heterocycles. The molecule has 0 aromatic carbocycles. The lowest BCUT2D eigenvalue weighted by Crippen LogP contribution is -3.22. The minimum Gasteiger partial charge on any atom is -1.00 e. The van der Waals surface area contributed by atoms with E-state index in [9.17, 15) is 5.11 Å². The lowest BCUT2D eigenvalue weighted by molar-refractivity contribution is -1.13. The lowest BCUT2D eigenvalue weighted by Gasteiger charge is -2.40. The van der Waals surface area contributed by atoms with Crippen molar-refractivity contribution in [1.82, 2.24) is 0 Å². The second-order valence-electron chi connectivity index (χ2n) is 6.00. The van der Waals surface area contributed by atoms with Gasteiger partial charge in [0.25, 0.3) is 0 Å². The van der Waals surface area contributed by atoms with Crippen LogP contribution in [0.15, 0.2) is 0 Å². The molecule has 2 saturated heterocycles. The molecule has 0 radical (unpaired) electrons. The van der Waals surface area contributed by atoms with Crippen LogP contribution >= 0.6 is 0 Å². The van der Waals surface area contributed by atoms with Crippen molar-refractivity contribution in [3.63, 3.8) is 0 Å². The quantitative estimate of drug-likeness (QED) is 0.563. The molecule has 1 aliphatic carbocycles. The van der Waals surface area contributed by atoms with Gasteiger partial charge < -0.3 is 22.3 Å². The zero-order valence-electron chi connectivity index (χ0n) is 11.0. The maximum atomic E-state index is 9.87. The highest BCUT2D eigenvalue weighted by molar-refractivity contribution is 4.88. The average molecular weight is 278 g/mol. The van der Waals surface area contributed by atoms with Gasteiger partial charge in [-0.1, -0.05) is 6.42 Å². The summed E-state index contributed by atoms with van der Waals surface area (Å²) in [4.78, 5) is 6.00. The summed E-state index contributed by atoms with van der Waals surface area (Å²) in [5, 5.41) is 11.0. The highest BCUT2D eigenvalue weighted by atomic mass is 35.5. The number of aliphatic hydroxyl groups excluding tert-OH is 1. The lowest BCUT2D eigenvalue weighted by atomic mass is 9.80. The molecule has 3 rings (SSSR count). The molecule has 0 aromatic heterocycles. The number of hydrogen-bond donors (Lipinski definition) is 2. The fourth-order valence-electron chi connectivity index (χ4n) is 3.96. The number of quaternary nitrogens is 1. The van der Waals surface area contributed by atoms with Crippen molar-refractivity contribution in [2.24, 2.45) is 5.92 Å². The summed E-state index contributed by atoms with van der Waals surface area (Å²) in [5.74, 6) is 0.533. The van der Waals surface area contributed by atoms with Gasteiger partial charge in [-0.05, 0) is 19.8 Å². The van der Waals surface area contributed by atoms with Crippen LogP contribution in [-0.4, -0.2) is 42.6 Å². The van der Waals surface area contributed by atoms with Crippen molar-refractivity contribution >= 4 is 0 Å². The van der Waals surface area contributed by atoms with E-state index >= 15 is 0 Å². The zero-order valence-corrected chi connectivity index (χ0v) is 11.8. The smallest absolute Gasteiger partial charge is 0.151 e. The van der Waals surface area contributed by atoms with E-state index in [0.717, 1.165) is 26.1 Å². The van der Waals surface area contributed by atoms with Crippen LogP contribution in [0.4, 0.5) is 0 Å². The van der Waals surface area contributed by atoms with Crippen LogP contribution in [0.3, 0.4) is 0 Å². The fraction of sp³-hybridized carbons (Fsp3) is 1.00. The first kappa shape index (κ1) is 14.5. The number of nitrogens with one attached hydrogen (secondary N) is 1. The first-order valence-electron chi connectivity index (χ1n) is 6.99. The largest absolute Gasteiger partial charge is 1.00 e. The van der Waals surface area contributed by atoms with Crippen molar-refractivity contribution in [2.45, 2.75) is 56.7 Å². The summed E-state index contributed by atoms with van der Waals surface area (Å²) in [6.45, 7) is 4.02. The Morgan fingerprint density at radius 1 is 1.22 bits per heavy atom. The Balaban J connectivity index is 0.00000120. The first-order valence-corrected chi connectivity index (χ1v) is 6.99. The van der Waals surface area contributed by atoms with Crippen molar-refractivity contribution in [2.75, 3.05) is 19.8 Å². The van der Waals surface area contributed by atoms with Gasteiger partial charge in [0, 0.05) is 12.8 Å². The molecular formula is C13H24ClNO3. The Hall–Kier alpha value is 0.130. The Labute approximate surface area is 115 Å². The Bertz CT molecular complexity index is 283. The number of hydrogen-bond acceptors (Lipinski definition) is 3. The maximum Gasteiger partial charge on any atom is 0.151 e. The monoisotopic (exact) mass is 277 g/mol. The van der Waals surface area contributed by atoms with Gasteiger partial charge in [0.05, 0.1) is 12.5 Å². The third-order valence-corrected chi connectivity index (χ3v) is 4.98. The Kier molecular flexibility index (Phi) is 4.55. The van der Waals surface area contributed by atoms with Crippen LogP contribution < -0.4 is 17.5 Å². The van der Waals surface area contributed by atoms with Gasteiger partial charge in [0.1, 0.15) is 19.3 Å². The molecule has 4 nitrogen and oxygen atoms in total. The van der Waals surface area contributed by atoms with Crippen molar-refractivity contribution < 1.29 is 32.2 Å². The SMILES string of the molecule is C[C@@H]1OC[C@H]2CO[NH+](C3(CO)CCCCC3)[C@H]21.[Cl-]. The predicted molar refractivity (Wildman–Crippen MR) is 62.5 cm³/mol. The minimum atomic E-state index is -0.0559. The van der Waals surface area contributed by atoms with Crippen LogP contribution in [0, 0.1) is 5.92 Å². The van der Waals surface area contributed by atoms with Crippen LogP contribution in [0.25, 0.3) is 0 Å². The summed E-state index contributed by atoms with van der Waals surface area (Å²) in [6, 6.07) is 0.431. The van der Waals surface area contributed by atoms with Crippen molar-refractivity contribution in [3.8, 4) is 0 Å². The summed E-state index contributed by atoms with van der Waals surface area (Å²) < 4.78 is 5.75. The average Bonchev–Trinajstić information content (AvgIpc) is 2.94. The van der Waals surface area contributed by atoms with Gasteiger partial charge >= 0.3 is 0 Å². The van der Waals surface area contributed by atoms with Crippen LogP contribution in [0.1, 0.15) is 39.0 Å². The molecule has 18 heavy (non-hydrogen) atoms. The van der Waals surface area contributed by atoms with Crippen LogP contribution in [0.2, 0.25) is 0 Å². The maximum absolute atomic E-state index is 9.87. The number of halogens is 1. The number of ether oxygens (including phenoxy) is 1. The standard InChI is InChI=1S/C13H23NO3.ClH/c1-10-12-11(7-16-10)8-17-14(12)13(9-15)5-3-2-4-6-13;/h10-12,15H,2-9H2,1H3;1H/t10-,11-,12-;/m0./s1. The molecule has 0 spiro atoms. The summed E-state index contributed by atoms with van der Waals surface area (Å²) in [5.41, 5.74) is -0.0559. The molecule has 5 heteroatoms. The predicted octanol–water partition coefficient (Wildman–Crippen LogP) is -3.08. The highest BCUT2D eigenvalue weighted by Gasteiger charge is 2.57. The highest BCUT2D eigenvalue weighted by Crippen LogP contribution is 2.30. The van der Waals surface area contributed by atoms with Gasteiger partial charge in [-0.2, -0.15) is 5.06 Å². The van der Waals surface area contributed by atoms with E-state index in [1.807, 2.05) is 0 Å². The number of aliphatic hydroxyl groups is 1. The zero-order chi connectivity index (χ0) is 11.9. The summed E-state index contributed by atoms with van der Waals surface area (Å²) in [6.07, 6.45) is 6.20. The van der Waals surface area contributed by atoms with Crippen LogP contribution in [0.5, 0.6) is 0 Å². The van der Waals surface area contributed by atoms with E-state index in [1.54, 1.807) is 0 Å². The Morgan fingerprint density at radius 3 is 2.61 bits per heavy atom. The molecule has 1 saturated carbocycles. The first-order chi connectivity index (χ1) is 8.27. The molecule has 3 fully saturated rings. The molecule has 2 heterocycles. The molecule has 0 aromatic rings. The van der Waals surface area contributed by atoms with Crippen LogP contribution in [-0.2, 0) is 9.57 Å². The van der Waals surface area contributed by atoms with Gasteiger partial charge in [0.15, 0.2) is 11.6 Å². The van der Waals surface area contributed by atoms with E-state index in [1.165, 1.54) is 24.3 Å². The third-order valence-electron chi connectivity index (χ3n) is 4.98. The minimum absolute atomic E-state index is 0. The summed E-state index contributed by atoms with van der Waals surface area (Å²) >= 11 is 0. The molecule has 0 bridgehead atoms. The molecule has 3 aliphatic rings. The topological polar surface area (TPSA) is 43.1 Å². The second kappa shape index (κ2) is 5.63. The summed E-state index contributed by atoms with van der Waals surface area (Å²) in [7, 11) is 0.